The molecule has 0 aliphatic rings. The fourth-order valence-corrected chi connectivity index (χ4v) is 2.44. The van der Waals surface area contributed by atoms with Gasteiger partial charge in [-0.15, -0.1) is 0 Å². The second-order valence-corrected chi connectivity index (χ2v) is 7.26. The zero-order valence-corrected chi connectivity index (χ0v) is 16.5. The van der Waals surface area contributed by atoms with Crippen molar-refractivity contribution in [3.05, 3.63) is 65.7 Å². The monoisotopic (exact) mass is 385 g/mol. The van der Waals surface area contributed by atoms with E-state index in [1.54, 1.807) is 45.0 Å². The predicted octanol–water partition coefficient (Wildman–Crippen LogP) is 4.54. The van der Waals surface area contributed by atoms with Gasteiger partial charge in [-0.05, 0) is 45.1 Å². The molecule has 1 N–H and O–H groups in total. The van der Waals surface area contributed by atoms with Crippen molar-refractivity contribution < 1.29 is 19.1 Å². The first-order chi connectivity index (χ1) is 12.7. The van der Waals surface area contributed by atoms with Gasteiger partial charge in [0.2, 0.25) is 0 Å². The van der Waals surface area contributed by atoms with E-state index in [-0.39, 0.29) is 18.7 Å². The lowest BCUT2D eigenvalue weighted by Gasteiger charge is -2.19. The minimum atomic E-state index is -0.572. The molecule has 0 atom stereocenters. The number of thiocarbonyl (C=S) groups is 1. The topological polar surface area (TPSA) is 64.6 Å². The van der Waals surface area contributed by atoms with Gasteiger partial charge in [-0.3, -0.25) is 4.79 Å². The highest BCUT2D eigenvalue weighted by atomic mass is 32.1. The Balaban J connectivity index is 1.89. The van der Waals surface area contributed by atoms with Crippen LogP contribution >= 0.6 is 12.2 Å². The Morgan fingerprint density at radius 2 is 1.67 bits per heavy atom. The van der Waals surface area contributed by atoms with Crippen LogP contribution in [0.15, 0.2) is 54.6 Å². The lowest BCUT2D eigenvalue weighted by Crippen LogP contribution is -2.33. The Morgan fingerprint density at radius 1 is 1.00 bits per heavy atom. The predicted molar refractivity (Wildman–Crippen MR) is 108 cm³/mol. The van der Waals surface area contributed by atoms with Crippen LogP contribution in [-0.2, 0) is 4.74 Å². The molecule has 2 aromatic carbocycles. The van der Waals surface area contributed by atoms with Crippen molar-refractivity contribution in [1.82, 2.24) is 5.32 Å². The maximum absolute atomic E-state index is 12.3. The molecule has 6 heteroatoms. The maximum Gasteiger partial charge on any atom is 0.407 e. The normalized spacial score (nSPS) is 10.8. The molecule has 0 radical (unpaired) electrons. The molecule has 0 aliphatic carbocycles. The van der Waals surface area contributed by atoms with Gasteiger partial charge in [0.1, 0.15) is 11.4 Å². The van der Waals surface area contributed by atoms with Crippen LogP contribution in [0, 0.1) is 0 Å². The number of alkyl carbamates (subject to hydrolysis) is 1. The van der Waals surface area contributed by atoms with Crippen LogP contribution < -0.4 is 10.1 Å². The Hall–Kier alpha value is -2.73. The van der Waals surface area contributed by atoms with Crippen LogP contribution in [0.2, 0.25) is 0 Å². The third kappa shape index (κ3) is 7.19. The molecule has 27 heavy (non-hydrogen) atoms. The molecule has 0 spiro atoms. The molecule has 0 saturated carbocycles. The van der Waals surface area contributed by atoms with Crippen molar-refractivity contribution in [3.63, 3.8) is 0 Å². The molecule has 0 unspecified atom stereocenters. The van der Waals surface area contributed by atoms with E-state index in [9.17, 15) is 9.59 Å². The van der Waals surface area contributed by atoms with Crippen molar-refractivity contribution in [2.24, 2.45) is 0 Å². The van der Waals surface area contributed by atoms with Gasteiger partial charge < -0.3 is 14.8 Å². The summed E-state index contributed by atoms with van der Waals surface area (Å²) in [7, 11) is 0. The number of carbonyl (C=O) groups is 2. The molecule has 0 heterocycles. The van der Waals surface area contributed by atoms with E-state index in [0.717, 1.165) is 5.56 Å². The lowest BCUT2D eigenvalue weighted by atomic mass is 10.1. The minimum absolute atomic E-state index is 0.109. The zero-order valence-electron chi connectivity index (χ0n) is 15.7. The minimum Gasteiger partial charge on any atom is -0.445 e. The number of ether oxygens (including phenoxy) is 2. The number of ketones is 1. The summed E-state index contributed by atoms with van der Waals surface area (Å²) in [5, 5.41) is 2.91. The van der Waals surface area contributed by atoms with Crippen molar-refractivity contribution in [2.75, 3.05) is 6.54 Å². The van der Waals surface area contributed by atoms with E-state index in [1.165, 1.54) is 0 Å². The SMILES string of the molecule is CC(C)(C)OC(=O)NCCC(=O)c1cccc(OC(=S)c2ccccc2)c1. The second-order valence-electron chi connectivity index (χ2n) is 6.89. The third-order valence-corrected chi connectivity index (χ3v) is 3.72. The van der Waals surface area contributed by atoms with Gasteiger partial charge in [-0.2, -0.15) is 0 Å². The van der Waals surface area contributed by atoms with E-state index in [4.69, 9.17) is 21.7 Å². The van der Waals surface area contributed by atoms with E-state index < -0.39 is 11.7 Å². The number of rotatable bonds is 6. The third-order valence-electron chi connectivity index (χ3n) is 3.40. The fourth-order valence-electron chi connectivity index (χ4n) is 2.21. The Morgan fingerprint density at radius 3 is 2.33 bits per heavy atom. The summed E-state index contributed by atoms with van der Waals surface area (Å²) in [6.45, 7) is 5.54. The first kappa shape index (κ1) is 20.6. The standard InChI is InChI=1S/C21H23NO4S/c1-21(2,3)26-20(24)22-13-12-18(23)16-10-7-11-17(14-16)25-19(27)15-8-5-4-6-9-15/h4-11,14H,12-13H2,1-3H3,(H,22,24). The molecule has 142 valence electrons. The molecular formula is C21H23NO4S. The van der Waals surface area contributed by atoms with Gasteiger partial charge in [-0.25, -0.2) is 4.79 Å². The highest BCUT2D eigenvalue weighted by molar-refractivity contribution is 7.80. The lowest BCUT2D eigenvalue weighted by molar-refractivity contribution is 0.0527. The van der Waals surface area contributed by atoms with Gasteiger partial charge in [0.15, 0.2) is 10.8 Å². The molecule has 0 fully saturated rings. The Bertz CT molecular complexity index is 812. The summed E-state index contributed by atoms with van der Waals surface area (Å²) in [6, 6.07) is 16.2. The smallest absolute Gasteiger partial charge is 0.407 e. The molecule has 0 bridgehead atoms. The Labute approximate surface area is 164 Å². The van der Waals surface area contributed by atoms with Gasteiger partial charge in [-0.1, -0.05) is 42.5 Å². The van der Waals surface area contributed by atoms with Crippen LogP contribution in [0.25, 0.3) is 0 Å². The second kappa shape index (κ2) is 9.28. The fraction of sp³-hybridized carbons (Fsp3) is 0.286. The molecule has 5 nitrogen and oxygen atoms in total. The van der Waals surface area contributed by atoms with E-state index in [2.05, 4.69) is 5.32 Å². The average Bonchev–Trinajstić information content (AvgIpc) is 2.61. The number of hydrogen-bond donors (Lipinski definition) is 1. The van der Waals surface area contributed by atoms with Gasteiger partial charge in [0.25, 0.3) is 0 Å². The van der Waals surface area contributed by atoms with Crippen LogP contribution in [0.3, 0.4) is 0 Å². The first-order valence-corrected chi connectivity index (χ1v) is 9.03. The summed E-state index contributed by atoms with van der Waals surface area (Å²) >= 11 is 5.28. The summed E-state index contributed by atoms with van der Waals surface area (Å²) < 4.78 is 10.8. The number of carbonyl (C=O) groups excluding carboxylic acids is 2. The van der Waals surface area contributed by atoms with Crippen LogP contribution in [0.1, 0.15) is 43.1 Å². The van der Waals surface area contributed by atoms with Gasteiger partial charge in [0, 0.05) is 24.1 Å². The molecule has 0 aromatic heterocycles. The van der Waals surface area contributed by atoms with Crippen LogP contribution in [0.5, 0.6) is 5.75 Å². The zero-order chi connectivity index (χ0) is 19.9. The number of Topliss-reactive ketones (excluding diaryl/α,β-unsaturated/α-hetero) is 1. The summed E-state index contributed by atoms with van der Waals surface area (Å²) in [6.07, 6.45) is -0.383. The number of hydrogen-bond acceptors (Lipinski definition) is 5. The number of nitrogens with one attached hydrogen (secondary N) is 1. The van der Waals surface area contributed by atoms with E-state index in [1.807, 2.05) is 30.3 Å². The molecular weight excluding hydrogens is 362 g/mol. The average molecular weight is 385 g/mol. The first-order valence-electron chi connectivity index (χ1n) is 8.62. The molecule has 1 amide bonds. The summed E-state index contributed by atoms with van der Waals surface area (Å²) in [4.78, 5) is 23.9. The van der Waals surface area contributed by atoms with Gasteiger partial charge >= 0.3 is 6.09 Å². The molecule has 2 aromatic rings. The number of amides is 1. The maximum atomic E-state index is 12.3. The number of benzene rings is 2. The quantitative estimate of drug-likeness (QED) is 0.584. The highest BCUT2D eigenvalue weighted by Gasteiger charge is 2.16. The highest BCUT2D eigenvalue weighted by Crippen LogP contribution is 2.17. The molecule has 2 rings (SSSR count). The summed E-state index contributed by atoms with van der Waals surface area (Å²) in [5.74, 6) is 0.386. The van der Waals surface area contributed by atoms with Crippen molar-refractivity contribution in [2.45, 2.75) is 32.8 Å². The summed E-state index contributed by atoms with van der Waals surface area (Å²) in [5.41, 5.74) is 0.719. The largest absolute Gasteiger partial charge is 0.445 e. The van der Waals surface area contributed by atoms with Crippen molar-refractivity contribution in [1.29, 1.82) is 0 Å². The van der Waals surface area contributed by atoms with Crippen molar-refractivity contribution >= 4 is 29.1 Å². The van der Waals surface area contributed by atoms with Gasteiger partial charge in [0.05, 0.1) is 0 Å². The van der Waals surface area contributed by atoms with Crippen LogP contribution in [-0.4, -0.2) is 29.1 Å². The molecule has 0 saturated heterocycles. The van der Waals surface area contributed by atoms with E-state index >= 15 is 0 Å². The van der Waals surface area contributed by atoms with E-state index in [0.29, 0.717) is 16.4 Å². The Kier molecular flexibility index (Phi) is 7.07. The van der Waals surface area contributed by atoms with Crippen molar-refractivity contribution in [3.8, 4) is 5.75 Å². The van der Waals surface area contributed by atoms with Crippen LogP contribution in [0.4, 0.5) is 4.79 Å². The molecule has 0 aliphatic heterocycles.